The van der Waals surface area contributed by atoms with Crippen LogP contribution in [0.1, 0.15) is 25.8 Å². The molecule has 21 heavy (non-hydrogen) atoms. The smallest absolute Gasteiger partial charge is 0.360 e. The van der Waals surface area contributed by atoms with Crippen LogP contribution in [0.2, 0.25) is 0 Å². The van der Waals surface area contributed by atoms with Crippen molar-refractivity contribution >= 4 is 16.7 Å². The van der Waals surface area contributed by atoms with Crippen LogP contribution in [-0.4, -0.2) is 25.7 Å². The fourth-order valence-electron chi connectivity index (χ4n) is 3.17. The zero-order valence-corrected chi connectivity index (χ0v) is 12.7. The molecule has 1 aromatic carbocycles. The van der Waals surface area contributed by atoms with Crippen LogP contribution in [0.4, 0.5) is 5.69 Å². The predicted molar refractivity (Wildman–Crippen MR) is 86.2 cm³/mol. The molecule has 0 bridgehead atoms. The Labute approximate surface area is 124 Å². The van der Waals surface area contributed by atoms with Crippen LogP contribution in [-0.2, 0) is 6.42 Å². The van der Waals surface area contributed by atoms with Gasteiger partial charge in [0.1, 0.15) is 11.3 Å². The summed E-state index contributed by atoms with van der Waals surface area (Å²) in [6, 6.07) is 8.15. The largest absolute Gasteiger partial charge is 0.421 e. The first-order chi connectivity index (χ1) is 10.2. The van der Waals surface area contributed by atoms with Crippen molar-refractivity contribution in [1.29, 1.82) is 0 Å². The van der Waals surface area contributed by atoms with Gasteiger partial charge in [0.05, 0.1) is 0 Å². The minimum Gasteiger partial charge on any atom is -0.421 e. The maximum Gasteiger partial charge on any atom is 0.360 e. The lowest BCUT2D eigenvalue weighted by Gasteiger charge is -2.36. The molecule has 1 unspecified atom stereocenters. The lowest BCUT2D eigenvalue weighted by Crippen LogP contribution is -2.51. The van der Waals surface area contributed by atoms with Gasteiger partial charge < -0.3 is 14.6 Å². The Kier molecular flexibility index (Phi) is 3.97. The van der Waals surface area contributed by atoms with Crippen molar-refractivity contribution in [2.24, 2.45) is 0 Å². The Bertz CT molecular complexity index is 693. The Morgan fingerprint density at radius 1 is 1.38 bits per heavy atom. The molecule has 1 aliphatic heterocycles. The van der Waals surface area contributed by atoms with Gasteiger partial charge >= 0.3 is 5.63 Å². The van der Waals surface area contributed by atoms with Crippen molar-refractivity contribution in [1.82, 2.24) is 5.32 Å². The number of anilines is 1. The number of aryl methyl sites for hydroxylation is 1. The summed E-state index contributed by atoms with van der Waals surface area (Å²) in [6.45, 7) is 6.95. The highest BCUT2D eigenvalue weighted by Crippen LogP contribution is 2.28. The quantitative estimate of drug-likeness (QED) is 0.881. The van der Waals surface area contributed by atoms with Crippen LogP contribution in [0.5, 0.6) is 0 Å². The van der Waals surface area contributed by atoms with Gasteiger partial charge in [0, 0.05) is 31.1 Å². The lowest BCUT2D eigenvalue weighted by molar-refractivity contribution is 0.485. The van der Waals surface area contributed by atoms with Gasteiger partial charge in [0.2, 0.25) is 0 Å². The van der Waals surface area contributed by atoms with Crippen molar-refractivity contribution < 1.29 is 4.42 Å². The van der Waals surface area contributed by atoms with E-state index < -0.39 is 0 Å². The summed E-state index contributed by atoms with van der Waals surface area (Å²) in [5.74, 6) is 0. The highest BCUT2D eigenvalue weighted by atomic mass is 16.4. The number of hydrogen-bond donors (Lipinski definition) is 1. The van der Waals surface area contributed by atoms with Gasteiger partial charge in [-0.25, -0.2) is 4.79 Å². The first kappa shape index (κ1) is 14.1. The van der Waals surface area contributed by atoms with Gasteiger partial charge in [-0.3, -0.25) is 0 Å². The lowest BCUT2D eigenvalue weighted by atomic mass is 10.0. The topological polar surface area (TPSA) is 45.5 Å². The van der Waals surface area contributed by atoms with E-state index in [-0.39, 0.29) is 5.63 Å². The van der Waals surface area contributed by atoms with E-state index in [1.807, 2.05) is 18.2 Å². The van der Waals surface area contributed by atoms with Crippen LogP contribution in [0.3, 0.4) is 0 Å². The molecule has 1 aliphatic rings. The van der Waals surface area contributed by atoms with Crippen LogP contribution in [0, 0.1) is 0 Å². The molecule has 0 aliphatic carbocycles. The average Bonchev–Trinajstić information content (AvgIpc) is 2.49. The van der Waals surface area contributed by atoms with E-state index in [2.05, 4.69) is 30.1 Å². The fourth-order valence-corrected chi connectivity index (χ4v) is 3.17. The highest BCUT2D eigenvalue weighted by molar-refractivity contribution is 5.85. The van der Waals surface area contributed by atoms with Crippen molar-refractivity contribution in [2.75, 3.05) is 24.5 Å². The maximum absolute atomic E-state index is 12.5. The molecule has 0 spiro atoms. The second-order valence-corrected chi connectivity index (χ2v) is 5.71. The molecule has 4 heteroatoms. The first-order valence-electron chi connectivity index (χ1n) is 7.74. The second kappa shape index (κ2) is 5.90. The van der Waals surface area contributed by atoms with E-state index >= 15 is 0 Å². The predicted octanol–water partition coefficient (Wildman–Crippen LogP) is 2.54. The second-order valence-electron chi connectivity index (χ2n) is 5.71. The number of piperazine rings is 1. The molecule has 4 nitrogen and oxygen atoms in total. The third-order valence-electron chi connectivity index (χ3n) is 4.18. The van der Waals surface area contributed by atoms with Crippen LogP contribution < -0.4 is 15.8 Å². The number of nitrogens with zero attached hydrogens (tertiary/aromatic N) is 1. The minimum absolute atomic E-state index is 0.203. The number of fused-ring (bicyclic) bond motifs is 1. The van der Waals surface area contributed by atoms with Gasteiger partial charge in [-0.2, -0.15) is 0 Å². The third kappa shape index (κ3) is 2.56. The fraction of sp³-hybridized carbons (Fsp3) is 0.471. The molecule has 0 radical (unpaired) electrons. The van der Waals surface area contributed by atoms with Gasteiger partial charge in [0.25, 0.3) is 0 Å². The summed E-state index contributed by atoms with van der Waals surface area (Å²) < 4.78 is 5.56. The Morgan fingerprint density at radius 3 is 2.95 bits per heavy atom. The molecule has 2 aromatic rings. The monoisotopic (exact) mass is 286 g/mol. The molecule has 1 fully saturated rings. The molecule has 3 rings (SSSR count). The van der Waals surface area contributed by atoms with E-state index in [4.69, 9.17) is 4.42 Å². The Balaban J connectivity index is 2.22. The summed E-state index contributed by atoms with van der Waals surface area (Å²) in [6.07, 6.45) is 1.92. The van der Waals surface area contributed by atoms with E-state index in [0.29, 0.717) is 11.6 Å². The number of para-hydroxylation sites is 1. The van der Waals surface area contributed by atoms with Crippen molar-refractivity contribution in [2.45, 2.75) is 32.7 Å². The SMILES string of the molecule is CCCc1c(N2CCNCC2C)c(=O)oc2ccccc12. The standard InChI is InChI=1S/C17H22N2O2/c1-3-6-14-13-7-4-5-8-15(13)21-17(20)16(14)19-10-9-18-11-12(19)2/h4-5,7-8,12,18H,3,6,9-11H2,1-2H3. The molecule has 1 aromatic heterocycles. The summed E-state index contributed by atoms with van der Waals surface area (Å²) >= 11 is 0. The summed E-state index contributed by atoms with van der Waals surface area (Å²) in [5.41, 5.74) is 2.39. The number of nitrogens with one attached hydrogen (secondary N) is 1. The number of hydrogen-bond acceptors (Lipinski definition) is 4. The molecular weight excluding hydrogens is 264 g/mol. The average molecular weight is 286 g/mol. The first-order valence-corrected chi connectivity index (χ1v) is 7.74. The number of benzene rings is 1. The van der Waals surface area contributed by atoms with E-state index in [9.17, 15) is 4.79 Å². The van der Waals surface area contributed by atoms with Crippen molar-refractivity contribution in [3.05, 3.63) is 40.2 Å². The Hall–Kier alpha value is -1.81. The normalized spacial score (nSPS) is 19.1. The molecule has 2 heterocycles. The zero-order valence-electron chi connectivity index (χ0n) is 12.7. The van der Waals surface area contributed by atoms with Crippen LogP contribution in [0.25, 0.3) is 11.0 Å². The molecule has 1 atom stereocenters. The van der Waals surface area contributed by atoms with Gasteiger partial charge in [-0.1, -0.05) is 31.5 Å². The molecule has 1 N–H and O–H groups in total. The van der Waals surface area contributed by atoms with Gasteiger partial charge in [-0.05, 0) is 25.0 Å². The molecular formula is C17H22N2O2. The van der Waals surface area contributed by atoms with Crippen molar-refractivity contribution in [3.8, 4) is 0 Å². The van der Waals surface area contributed by atoms with E-state index in [1.165, 1.54) is 0 Å². The highest BCUT2D eigenvalue weighted by Gasteiger charge is 2.25. The van der Waals surface area contributed by atoms with Crippen LogP contribution in [0.15, 0.2) is 33.5 Å². The summed E-state index contributed by atoms with van der Waals surface area (Å²) in [4.78, 5) is 14.8. The molecule has 0 amide bonds. The minimum atomic E-state index is -0.203. The van der Waals surface area contributed by atoms with E-state index in [1.54, 1.807) is 0 Å². The summed E-state index contributed by atoms with van der Waals surface area (Å²) in [5, 5.41) is 4.44. The van der Waals surface area contributed by atoms with Crippen LogP contribution >= 0.6 is 0 Å². The number of rotatable bonds is 3. The maximum atomic E-state index is 12.5. The molecule has 0 saturated carbocycles. The Morgan fingerprint density at radius 2 is 2.19 bits per heavy atom. The summed E-state index contributed by atoms with van der Waals surface area (Å²) in [7, 11) is 0. The zero-order chi connectivity index (χ0) is 14.8. The van der Waals surface area contributed by atoms with Gasteiger partial charge in [0.15, 0.2) is 0 Å². The molecule has 112 valence electrons. The molecule has 1 saturated heterocycles. The van der Waals surface area contributed by atoms with Crippen molar-refractivity contribution in [3.63, 3.8) is 0 Å². The van der Waals surface area contributed by atoms with Gasteiger partial charge in [-0.15, -0.1) is 0 Å². The van der Waals surface area contributed by atoms with E-state index in [0.717, 1.165) is 49.1 Å². The third-order valence-corrected chi connectivity index (χ3v) is 4.18.